The van der Waals surface area contributed by atoms with E-state index >= 15 is 0 Å². The van der Waals surface area contributed by atoms with Crippen molar-refractivity contribution in [3.63, 3.8) is 0 Å². The number of carbonyl (C=O) groups excluding carboxylic acids is 1. The molecule has 0 spiro atoms. The summed E-state index contributed by atoms with van der Waals surface area (Å²) in [7, 11) is 0. The Morgan fingerprint density at radius 3 is 2.08 bits per heavy atom. The standard InChI is InChI=1S/C21H17NO3/c1-14-7-12-18(19(13-14)21(24)25)20(23)22-17-10-8-16(9-11-17)15-5-3-2-4-6-15/h2-13H,1H3,(H,22,23)(H,24,25). The molecule has 0 aliphatic rings. The minimum Gasteiger partial charge on any atom is -0.478 e. The molecule has 0 aromatic heterocycles. The number of hydrogen-bond acceptors (Lipinski definition) is 2. The molecule has 3 aromatic rings. The van der Waals surface area contributed by atoms with Crippen LogP contribution in [-0.2, 0) is 0 Å². The smallest absolute Gasteiger partial charge is 0.336 e. The Labute approximate surface area is 145 Å². The van der Waals surface area contributed by atoms with Crippen molar-refractivity contribution < 1.29 is 14.7 Å². The topological polar surface area (TPSA) is 66.4 Å². The van der Waals surface area contributed by atoms with Crippen molar-refractivity contribution in [3.8, 4) is 11.1 Å². The zero-order valence-electron chi connectivity index (χ0n) is 13.7. The maximum absolute atomic E-state index is 12.4. The van der Waals surface area contributed by atoms with Crippen LogP contribution in [0.25, 0.3) is 11.1 Å². The van der Waals surface area contributed by atoms with Gasteiger partial charge in [-0.3, -0.25) is 4.79 Å². The van der Waals surface area contributed by atoms with Gasteiger partial charge in [-0.25, -0.2) is 4.79 Å². The lowest BCUT2D eigenvalue weighted by molar-refractivity contribution is 0.0692. The predicted octanol–water partition coefficient (Wildman–Crippen LogP) is 4.61. The number of hydrogen-bond donors (Lipinski definition) is 2. The van der Waals surface area contributed by atoms with E-state index in [4.69, 9.17) is 0 Å². The van der Waals surface area contributed by atoms with Crippen LogP contribution in [0.5, 0.6) is 0 Å². The lowest BCUT2D eigenvalue weighted by atomic mass is 10.0. The van der Waals surface area contributed by atoms with Crippen molar-refractivity contribution in [2.24, 2.45) is 0 Å². The van der Waals surface area contributed by atoms with Crippen molar-refractivity contribution in [1.82, 2.24) is 0 Å². The molecule has 0 aliphatic heterocycles. The van der Waals surface area contributed by atoms with E-state index < -0.39 is 11.9 Å². The highest BCUT2D eigenvalue weighted by Crippen LogP contribution is 2.22. The zero-order valence-corrected chi connectivity index (χ0v) is 13.7. The molecule has 1 amide bonds. The van der Waals surface area contributed by atoms with Crippen LogP contribution in [0.4, 0.5) is 5.69 Å². The molecular weight excluding hydrogens is 314 g/mol. The predicted molar refractivity (Wildman–Crippen MR) is 98.0 cm³/mol. The molecule has 2 N–H and O–H groups in total. The fourth-order valence-corrected chi connectivity index (χ4v) is 2.61. The molecule has 0 fully saturated rings. The Morgan fingerprint density at radius 1 is 0.800 bits per heavy atom. The van der Waals surface area contributed by atoms with Gasteiger partial charge in [-0.1, -0.05) is 54.1 Å². The molecule has 0 heterocycles. The number of aromatic carboxylic acids is 1. The second-order valence-electron chi connectivity index (χ2n) is 5.75. The summed E-state index contributed by atoms with van der Waals surface area (Å²) in [6.07, 6.45) is 0. The fourth-order valence-electron chi connectivity index (χ4n) is 2.61. The van der Waals surface area contributed by atoms with Crippen LogP contribution in [0.2, 0.25) is 0 Å². The number of aryl methyl sites for hydroxylation is 1. The highest BCUT2D eigenvalue weighted by molar-refractivity contribution is 6.10. The molecule has 0 atom stereocenters. The average Bonchev–Trinajstić information content (AvgIpc) is 2.63. The third-order valence-corrected chi connectivity index (χ3v) is 3.90. The van der Waals surface area contributed by atoms with Crippen LogP contribution in [0.15, 0.2) is 72.8 Å². The van der Waals surface area contributed by atoms with Gasteiger partial charge in [0.2, 0.25) is 0 Å². The average molecular weight is 331 g/mol. The first-order chi connectivity index (χ1) is 12.0. The van der Waals surface area contributed by atoms with E-state index in [1.807, 2.05) is 42.5 Å². The molecule has 0 saturated heterocycles. The van der Waals surface area contributed by atoms with Crippen molar-refractivity contribution >= 4 is 17.6 Å². The van der Waals surface area contributed by atoms with Crippen LogP contribution in [0.1, 0.15) is 26.3 Å². The van der Waals surface area contributed by atoms with Crippen LogP contribution >= 0.6 is 0 Å². The number of benzene rings is 3. The highest BCUT2D eigenvalue weighted by Gasteiger charge is 2.16. The van der Waals surface area contributed by atoms with Gasteiger partial charge in [-0.15, -0.1) is 0 Å². The number of nitrogens with one attached hydrogen (secondary N) is 1. The first-order valence-corrected chi connectivity index (χ1v) is 7.85. The zero-order chi connectivity index (χ0) is 17.8. The van der Waals surface area contributed by atoms with Crippen LogP contribution < -0.4 is 5.32 Å². The first-order valence-electron chi connectivity index (χ1n) is 7.85. The molecule has 124 valence electrons. The van der Waals surface area contributed by atoms with Crippen molar-refractivity contribution in [1.29, 1.82) is 0 Å². The van der Waals surface area contributed by atoms with Crippen LogP contribution in [0, 0.1) is 6.92 Å². The molecule has 4 nitrogen and oxygen atoms in total. The van der Waals surface area contributed by atoms with Crippen molar-refractivity contribution in [3.05, 3.63) is 89.5 Å². The second-order valence-corrected chi connectivity index (χ2v) is 5.75. The molecule has 4 heteroatoms. The maximum Gasteiger partial charge on any atom is 0.336 e. The van der Waals surface area contributed by atoms with Gasteiger partial charge < -0.3 is 10.4 Å². The van der Waals surface area contributed by atoms with E-state index in [0.29, 0.717) is 5.69 Å². The number of rotatable bonds is 4. The molecule has 3 rings (SSSR count). The Hall–Kier alpha value is -3.40. The molecule has 0 bridgehead atoms. The SMILES string of the molecule is Cc1ccc(C(=O)Nc2ccc(-c3ccccc3)cc2)c(C(=O)O)c1. The summed E-state index contributed by atoms with van der Waals surface area (Å²) < 4.78 is 0. The van der Waals surface area contributed by atoms with E-state index in [2.05, 4.69) is 5.32 Å². The van der Waals surface area contributed by atoms with Gasteiger partial charge in [0.25, 0.3) is 5.91 Å². The molecule has 0 aliphatic carbocycles. The Morgan fingerprint density at radius 2 is 1.44 bits per heavy atom. The summed E-state index contributed by atoms with van der Waals surface area (Å²) in [4.78, 5) is 23.8. The summed E-state index contributed by atoms with van der Waals surface area (Å²) in [6.45, 7) is 1.79. The van der Waals surface area contributed by atoms with Crippen LogP contribution in [-0.4, -0.2) is 17.0 Å². The quantitative estimate of drug-likeness (QED) is 0.733. The summed E-state index contributed by atoms with van der Waals surface area (Å²) in [5.74, 6) is -1.56. The number of amides is 1. The molecule has 25 heavy (non-hydrogen) atoms. The lowest BCUT2D eigenvalue weighted by Gasteiger charge is -2.09. The lowest BCUT2D eigenvalue weighted by Crippen LogP contribution is -2.16. The summed E-state index contributed by atoms with van der Waals surface area (Å²) in [5, 5.41) is 12.0. The van der Waals surface area contributed by atoms with E-state index in [1.54, 1.807) is 25.1 Å². The van der Waals surface area contributed by atoms with E-state index in [0.717, 1.165) is 16.7 Å². The van der Waals surface area contributed by atoms with E-state index in [9.17, 15) is 14.7 Å². The minimum atomic E-state index is -1.12. The van der Waals surface area contributed by atoms with Gasteiger partial charge >= 0.3 is 5.97 Å². The Balaban J connectivity index is 1.81. The number of carboxylic acids is 1. The molecule has 3 aromatic carbocycles. The highest BCUT2D eigenvalue weighted by atomic mass is 16.4. The van der Waals surface area contributed by atoms with Crippen molar-refractivity contribution in [2.45, 2.75) is 6.92 Å². The van der Waals surface area contributed by atoms with E-state index in [1.165, 1.54) is 12.1 Å². The first kappa shape index (κ1) is 16.5. The summed E-state index contributed by atoms with van der Waals surface area (Å²) in [5.41, 5.74) is 3.68. The monoisotopic (exact) mass is 331 g/mol. The molecular formula is C21H17NO3. The fraction of sp³-hybridized carbons (Fsp3) is 0.0476. The molecule has 0 unspecified atom stereocenters. The molecule has 0 saturated carbocycles. The third kappa shape index (κ3) is 3.75. The maximum atomic E-state index is 12.4. The normalized spacial score (nSPS) is 10.3. The van der Waals surface area contributed by atoms with Gasteiger partial charge in [-0.05, 0) is 42.3 Å². The van der Waals surface area contributed by atoms with Crippen LogP contribution in [0.3, 0.4) is 0 Å². The Kier molecular flexibility index (Phi) is 4.61. The summed E-state index contributed by atoms with van der Waals surface area (Å²) >= 11 is 0. The Bertz CT molecular complexity index is 916. The summed E-state index contributed by atoms with van der Waals surface area (Å²) in [6, 6.07) is 22.1. The van der Waals surface area contributed by atoms with Gasteiger partial charge in [0.05, 0.1) is 11.1 Å². The van der Waals surface area contributed by atoms with Gasteiger partial charge in [-0.2, -0.15) is 0 Å². The second kappa shape index (κ2) is 7.01. The number of carboxylic acid groups (broad SMARTS) is 1. The third-order valence-electron chi connectivity index (χ3n) is 3.90. The minimum absolute atomic E-state index is 0.00148. The van der Waals surface area contributed by atoms with E-state index in [-0.39, 0.29) is 11.1 Å². The molecule has 0 radical (unpaired) electrons. The number of anilines is 1. The number of carbonyl (C=O) groups is 2. The van der Waals surface area contributed by atoms with Gasteiger partial charge in [0.1, 0.15) is 0 Å². The van der Waals surface area contributed by atoms with Gasteiger partial charge in [0, 0.05) is 5.69 Å². The largest absolute Gasteiger partial charge is 0.478 e. The van der Waals surface area contributed by atoms with Gasteiger partial charge in [0.15, 0.2) is 0 Å². The van der Waals surface area contributed by atoms with Crippen molar-refractivity contribution in [2.75, 3.05) is 5.32 Å².